The van der Waals surface area contributed by atoms with Crippen LogP contribution < -0.4 is 15.8 Å². The zero-order valence-electron chi connectivity index (χ0n) is 15.0. The minimum Gasteiger partial charge on any atom is -0.481 e. The van der Waals surface area contributed by atoms with Gasteiger partial charge in [0.15, 0.2) is 6.61 Å². The SMILES string of the molecule is NCCNC(=O)C1CCCN(C(=O)COc2ccc(Cl)c3cccnc23)C1. The number of fused-ring (bicyclic) bond motifs is 1. The molecule has 27 heavy (non-hydrogen) atoms. The van der Waals surface area contributed by atoms with Gasteiger partial charge in [0.1, 0.15) is 11.3 Å². The van der Waals surface area contributed by atoms with Gasteiger partial charge in [-0.05, 0) is 37.1 Å². The lowest BCUT2D eigenvalue weighted by Gasteiger charge is -2.32. The van der Waals surface area contributed by atoms with E-state index in [0.717, 1.165) is 18.2 Å². The van der Waals surface area contributed by atoms with Crippen LogP contribution in [-0.2, 0) is 9.59 Å². The van der Waals surface area contributed by atoms with E-state index in [4.69, 9.17) is 22.1 Å². The molecule has 0 bridgehead atoms. The molecule has 0 radical (unpaired) electrons. The third kappa shape index (κ3) is 4.67. The molecule has 2 heterocycles. The van der Waals surface area contributed by atoms with E-state index in [2.05, 4.69) is 10.3 Å². The van der Waals surface area contributed by atoms with Crippen molar-refractivity contribution < 1.29 is 14.3 Å². The fourth-order valence-corrected chi connectivity index (χ4v) is 3.43. The van der Waals surface area contributed by atoms with Crippen molar-refractivity contribution in [2.75, 3.05) is 32.8 Å². The summed E-state index contributed by atoms with van der Waals surface area (Å²) in [5.74, 6) is 0.113. The number of hydrogen-bond acceptors (Lipinski definition) is 5. The third-order valence-corrected chi connectivity index (χ3v) is 4.95. The van der Waals surface area contributed by atoms with Crippen molar-refractivity contribution in [1.29, 1.82) is 0 Å². The molecular formula is C19H23ClN4O3. The number of nitrogens with one attached hydrogen (secondary N) is 1. The average molecular weight is 391 g/mol. The van der Waals surface area contributed by atoms with E-state index in [-0.39, 0.29) is 24.3 Å². The maximum atomic E-state index is 12.6. The van der Waals surface area contributed by atoms with E-state index >= 15 is 0 Å². The first-order valence-corrected chi connectivity index (χ1v) is 9.39. The molecule has 1 aromatic carbocycles. The number of ether oxygens (including phenoxy) is 1. The van der Waals surface area contributed by atoms with E-state index < -0.39 is 0 Å². The predicted octanol–water partition coefficient (Wildman–Crippen LogP) is 1.58. The van der Waals surface area contributed by atoms with Crippen LogP contribution in [0.2, 0.25) is 5.02 Å². The van der Waals surface area contributed by atoms with Gasteiger partial charge in [-0.25, -0.2) is 0 Å². The summed E-state index contributed by atoms with van der Waals surface area (Å²) in [6, 6.07) is 7.09. The second-order valence-electron chi connectivity index (χ2n) is 6.49. The van der Waals surface area contributed by atoms with Gasteiger partial charge in [-0.3, -0.25) is 14.6 Å². The number of aromatic nitrogens is 1. The van der Waals surface area contributed by atoms with E-state index in [1.807, 2.05) is 6.07 Å². The summed E-state index contributed by atoms with van der Waals surface area (Å²) in [4.78, 5) is 30.7. The highest BCUT2D eigenvalue weighted by Gasteiger charge is 2.28. The number of nitrogens with two attached hydrogens (primary N) is 1. The van der Waals surface area contributed by atoms with Crippen molar-refractivity contribution in [2.45, 2.75) is 12.8 Å². The van der Waals surface area contributed by atoms with Crippen LogP contribution in [0.25, 0.3) is 10.9 Å². The number of halogens is 1. The lowest BCUT2D eigenvalue weighted by atomic mass is 9.97. The molecule has 144 valence electrons. The minimum absolute atomic E-state index is 0.0493. The molecule has 0 aliphatic carbocycles. The molecule has 1 aliphatic heterocycles. The smallest absolute Gasteiger partial charge is 0.260 e. The summed E-state index contributed by atoms with van der Waals surface area (Å²) < 4.78 is 5.72. The van der Waals surface area contributed by atoms with E-state index in [9.17, 15) is 9.59 Å². The molecule has 1 unspecified atom stereocenters. The Morgan fingerprint density at radius 1 is 1.37 bits per heavy atom. The molecule has 2 aromatic rings. The van der Waals surface area contributed by atoms with Crippen molar-refractivity contribution in [2.24, 2.45) is 11.7 Å². The summed E-state index contributed by atoms with van der Waals surface area (Å²) in [6.07, 6.45) is 3.22. The van der Waals surface area contributed by atoms with Crippen LogP contribution in [0.4, 0.5) is 0 Å². The molecule has 8 heteroatoms. The fourth-order valence-electron chi connectivity index (χ4n) is 3.22. The number of hydrogen-bond donors (Lipinski definition) is 2. The van der Waals surface area contributed by atoms with Gasteiger partial charge in [-0.15, -0.1) is 0 Å². The average Bonchev–Trinajstić information content (AvgIpc) is 2.71. The van der Waals surface area contributed by atoms with Crippen LogP contribution in [0.5, 0.6) is 5.75 Å². The van der Waals surface area contributed by atoms with Crippen LogP contribution in [0.15, 0.2) is 30.5 Å². The molecule has 1 saturated heterocycles. The number of carbonyl (C=O) groups excluding carboxylic acids is 2. The minimum atomic E-state index is -0.202. The summed E-state index contributed by atoms with van der Waals surface area (Å²) in [5, 5.41) is 4.15. The molecule has 1 fully saturated rings. The Bertz CT molecular complexity index is 830. The molecular weight excluding hydrogens is 368 g/mol. The number of benzene rings is 1. The van der Waals surface area contributed by atoms with E-state index in [0.29, 0.717) is 42.5 Å². The van der Waals surface area contributed by atoms with Crippen LogP contribution in [0, 0.1) is 5.92 Å². The highest BCUT2D eigenvalue weighted by molar-refractivity contribution is 6.35. The quantitative estimate of drug-likeness (QED) is 0.780. The largest absolute Gasteiger partial charge is 0.481 e. The lowest BCUT2D eigenvalue weighted by molar-refractivity contribution is -0.137. The topological polar surface area (TPSA) is 97.6 Å². The zero-order valence-corrected chi connectivity index (χ0v) is 15.7. The van der Waals surface area contributed by atoms with Crippen LogP contribution >= 0.6 is 11.6 Å². The Hall–Kier alpha value is -2.38. The van der Waals surface area contributed by atoms with Gasteiger partial charge in [0, 0.05) is 37.8 Å². The Morgan fingerprint density at radius 3 is 3.04 bits per heavy atom. The van der Waals surface area contributed by atoms with Crippen molar-refractivity contribution in [3.05, 3.63) is 35.5 Å². The summed E-state index contributed by atoms with van der Waals surface area (Å²) in [5.41, 5.74) is 6.04. The van der Waals surface area contributed by atoms with Gasteiger partial charge in [0.25, 0.3) is 5.91 Å². The summed E-state index contributed by atoms with van der Waals surface area (Å²) >= 11 is 6.18. The number of rotatable bonds is 6. The summed E-state index contributed by atoms with van der Waals surface area (Å²) in [6.45, 7) is 1.77. The van der Waals surface area contributed by atoms with Crippen molar-refractivity contribution in [3.8, 4) is 5.75 Å². The van der Waals surface area contributed by atoms with Crippen LogP contribution in [0.3, 0.4) is 0 Å². The number of carbonyl (C=O) groups is 2. The van der Waals surface area contributed by atoms with Crippen LogP contribution in [0.1, 0.15) is 12.8 Å². The van der Waals surface area contributed by atoms with E-state index in [1.165, 1.54) is 0 Å². The predicted molar refractivity (Wildman–Crippen MR) is 104 cm³/mol. The van der Waals surface area contributed by atoms with Gasteiger partial charge in [0.2, 0.25) is 5.91 Å². The first-order chi connectivity index (χ1) is 13.1. The summed E-state index contributed by atoms with van der Waals surface area (Å²) in [7, 11) is 0. The van der Waals surface area contributed by atoms with Crippen LogP contribution in [-0.4, -0.2) is 54.5 Å². The molecule has 0 spiro atoms. The first-order valence-electron chi connectivity index (χ1n) is 9.01. The maximum Gasteiger partial charge on any atom is 0.260 e. The van der Waals surface area contributed by atoms with Crippen molar-refractivity contribution in [3.63, 3.8) is 0 Å². The Kier molecular flexibility index (Phi) is 6.47. The molecule has 7 nitrogen and oxygen atoms in total. The van der Waals surface area contributed by atoms with E-state index in [1.54, 1.807) is 29.3 Å². The highest BCUT2D eigenvalue weighted by atomic mass is 35.5. The van der Waals surface area contributed by atoms with Crippen molar-refractivity contribution in [1.82, 2.24) is 15.2 Å². The normalized spacial score (nSPS) is 17.0. The highest BCUT2D eigenvalue weighted by Crippen LogP contribution is 2.29. The number of piperidine rings is 1. The number of amides is 2. The molecule has 3 N–H and O–H groups in total. The zero-order chi connectivity index (χ0) is 19.2. The fraction of sp³-hybridized carbons (Fsp3) is 0.421. The van der Waals surface area contributed by atoms with Gasteiger partial charge in [-0.2, -0.15) is 0 Å². The Labute approximate surface area is 162 Å². The number of likely N-dealkylation sites (tertiary alicyclic amines) is 1. The maximum absolute atomic E-state index is 12.6. The Morgan fingerprint density at radius 2 is 2.22 bits per heavy atom. The third-order valence-electron chi connectivity index (χ3n) is 4.62. The number of pyridine rings is 1. The van der Waals surface area contributed by atoms with Crippen molar-refractivity contribution >= 4 is 34.3 Å². The molecule has 0 saturated carbocycles. The molecule has 1 aliphatic rings. The molecule has 3 rings (SSSR count). The lowest BCUT2D eigenvalue weighted by Crippen LogP contribution is -2.47. The second kappa shape index (κ2) is 9.01. The monoisotopic (exact) mass is 390 g/mol. The molecule has 1 aromatic heterocycles. The molecule has 2 amide bonds. The Balaban J connectivity index is 1.61. The van der Waals surface area contributed by atoms with Gasteiger partial charge >= 0.3 is 0 Å². The molecule has 1 atom stereocenters. The number of nitrogens with zero attached hydrogens (tertiary/aromatic N) is 2. The first kappa shape index (κ1) is 19.4. The second-order valence-corrected chi connectivity index (χ2v) is 6.90. The standard InChI is InChI=1S/C19H23ClN4O3/c20-15-5-6-16(18-14(15)4-1-8-22-18)27-12-17(25)24-10-2-3-13(11-24)19(26)23-9-7-21/h1,4-6,8,13H,2-3,7,9-12,21H2,(H,23,26). The van der Waals surface area contributed by atoms with Gasteiger partial charge in [0.05, 0.1) is 10.9 Å². The van der Waals surface area contributed by atoms with Gasteiger partial charge < -0.3 is 20.7 Å². The van der Waals surface area contributed by atoms with Gasteiger partial charge in [-0.1, -0.05) is 11.6 Å².